The first-order chi connectivity index (χ1) is 12.6. The Labute approximate surface area is 161 Å². The van der Waals surface area contributed by atoms with Gasteiger partial charge in [0, 0.05) is 23.1 Å². The highest BCUT2D eigenvalue weighted by molar-refractivity contribution is 9.10. The van der Waals surface area contributed by atoms with Crippen molar-refractivity contribution in [2.24, 2.45) is 5.92 Å². The molecule has 1 aromatic carbocycles. The fourth-order valence-corrected chi connectivity index (χ4v) is 3.07. The SMILES string of the molecule is CCCN(Cc1cc(Br)ccc1OCC1CC1)c1ccc(C(=O)O)nn1. The maximum Gasteiger partial charge on any atom is 0.356 e. The molecular weight excluding hydrogens is 398 g/mol. The summed E-state index contributed by atoms with van der Waals surface area (Å²) in [4.78, 5) is 13.1. The second-order valence-corrected chi connectivity index (χ2v) is 7.43. The zero-order valence-electron chi connectivity index (χ0n) is 14.7. The van der Waals surface area contributed by atoms with E-state index in [1.165, 1.54) is 18.9 Å². The van der Waals surface area contributed by atoms with E-state index in [1.807, 2.05) is 12.1 Å². The van der Waals surface area contributed by atoms with E-state index in [0.717, 1.165) is 35.4 Å². The molecule has 138 valence electrons. The number of halogens is 1. The molecule has 1 aromatic heterocycles. The molecule has 26 heavy (non-hydrogen) atoms. The Kier molecular flexibility index (Phi) is 6.08. The summed E-state index contributed by atoms with van der Waals surface area (Å²) in [6, 6.07) is 9.22. The molecule has 0 saturated heterocycles. The zero-order chi connectivity index (χ0) is 18.5. The van der Waals surface area contributed by atoms with E-state index in [0.29, 0.717) is 18.3 Å². The molecule has 1 heterocycles. The van der Waals surface area contributed by atoms with Crippen molar-refractivity contribution < 1.29 is 14.6 Å². The van der Waals surface area contributed by atoms with Crippen LogP contribution >= 0.6 is 15.9 Å². The number of aromatic carboxylic acids is 1. The van der Waals surface area contributed by atoms with Crippen LogP contribution in [-0.2, 0) is 6.54 Å². The topological polar surface area (TPSA) is 75.5 Å². The zero-order valence-corrected chi connectivity index (χ0v) is 16.3. The van der Waals surface area contributed by atoms with Crippen LogP contribution in [0.3, 0.4) is 0 Å². The van der Waals surface area contributed by atoms with Gasteiger partial charge in [-0.3, -0.25) is 0 Å². The highest BCUT2D eigenvalue weighted by atomic mass is 79.9. The van der Waals surface area contributed by atoms with Crippen LogP contribution in [0.4, 0.5) is 5.82 Å². The van der Waals surface area contributed by atoms with E-state index in [1.54, 1.807) is 6.07 Å². The van der Waals surface area contributed by atoms with Crippen molar-refractivity contribution >= 4 is 27.7 Å². The van der Waals surface area contributed by atoms with Crippen molar-refractivity contribution in [3.05, 3.63) is 46.1 Å². The number of nitrogens with zero attached hydrogens (tertiary/aromatic N) is 3. The number of rotatable bonds is 9. The summed E-state index contributed by atoms with van der Waals surface area (Å²) in [7, 11) is 0. The van der Waals surface area contributed by atoms with Crippen molar-refractivity contribution in [3.63, 3.8) is 0 Å². The monoisotopic (exact) mass is 419 g/mol. The maximum absolute atomic E-state index is 11.0. The lowest BCUT2D eigenvalue weighted by Crippen LogP contribution is -2.25. The molecule has 0 spiro atoms. The normalized spacial score (nSPS) is 13.5. The molecule has 1 N–H and O–H groups in total. The Morgan fingerprint density at radius 1 is 1.31 bits per heavy atom. The van der Waals surface area contributed by atoms with Gasteiger partial charge in [-0.1, -0.05) is 22.9 Å². The molecule has 7 heteroatoms. The van der Waals surface area contributed by atoms with Gasteiger partial charge in [0.05, 0.1) is 6.61 Å². The van der Waals surface area contributed by atoms with Crippen LogP contribution in [-0.4, -0.2) is 34.4 Å². The molecule has 0 atom stereocenters. The number of hydrogen-bond acceptors (Lipinski definition) is 5. The van der Waals surface area contributed by atoms with Gasteiger partial charge < -0.3 is 14.7 Å². The maximum atomic E-state index is 11.0. The van der Waals surface area contributed by atoms with Crippen LogP contribution < -0.4 is 9.64 Å². The third-order valence-electron chi connectivity index (χ3n) is 4.24. The van der Waals surface area contributed by atoms with Crippen molar-refractivity contribution in [1.29, 1.82) is 0 Å². The Hall–Kier alpha value is -2.15. The van der Waals surface area contributed by atoms with Gasteiger partial charge in [0.25, 0.3) is 0 Å². The Morgan fingerprint density at radius 3 is 2.73 bits per heavy atom. The number of anilines is 1. The molecule has 0 unspecified atom stereocenters. The largest absolute Gasteiger partial charge is 0.493 e. The molecule has 1 aliphatic rings. The number of carboxylic acid groups (broad SMARTS) is 1. The van der Waals surface area contributed by atoms with E-state index in [-0.39, 0.29) is 5.69 Å². The third kappa shape index (κ3) is 4.94. The standard InChI is InChI=1S/C19H22BrN3O3/c1-2-9-23(18-8-6-16(19(24)25)21-22-18)11-14-10-15(20)5-7-17(14)26-12-13-3-4-13/h5-8,10,13H,2-4,9,11-12H2,1H3,(H,24,25). The highest BCUT2D eigenvalue weighted by Gasteiger charge is 2.22. The summed E-state index contributed by atoms with van der Waals surface area (Å²) in [5.74, 6) is 1.16. The van der Waals surface area contributed by atoms with Crippen molar-refractivity contribution in [3.8, 4) is 5.75 Å². The number of benzene rings is 1. The molecule has 0 radical (unpaired) electrons. The summed E-state index contributed by atoms with van der Waals surface area (Å²) >= 11 is 3.53. The lowest BCUT2D eigenvalue weighted by Gasteiger charge is -2.24. The lowest BCUT2D eigenvalue weighted by molar-refractivity contribution is 0.0689. The van der Waals surface area contributed by atoms with Crippen LogP contribution in [0, 0.1) is 5.92 Å². The average Bonchev–Trinajstić information content (AvgIpc) is 3.45. The predicted molar refractivity (Wildman–Crippen MR) is 103 cm³/mol. The highest BCUT2D eigenvalue weighted by Crippen LogP contribution is 2.32. The quantitative estimate of drug-likeness (QED) is 0.657. The Morgan fingerprint density at radius 2 is 2.12 bits per heavy atom. The molecule has 0 amide bonds. The number of carboxylic acids is 1. The summed E-state index contributed by atoms with van der Waals surface area (Å²) in [5, 5.41) is 16.9. The van der Waals surface area contributed by atoms with Crippen LogP contribution in [0.5, 0.6) is 5.75 Å². The second kappa shape index (κ2) is 8.49. The van der Waals surface area contributed by atoms with Crippen molar-refractivity contribution in [2.75, 3.05) is 18.1 Å². The third-order valence-corrected chi connectivity index (χ3v) is 4.74. The van der Waals surface area contributed by atoms with Crippen molar-refractivity contribution in [1.82, 2.24) is 10.2 Å². The van der Waals surface area contributed by atoms with E-state index in [9.17, 15) is 4.79 Å². The lowest BCUT2D eigenvalue weighted by atomic mass is 10.1. The van der Waals surface area contributed by atoms with Crippen LogP contribution in [0.15, 0.2) is 34.8 Å². The molecule has 1 saturated carbocycles. The fraction of sp³-hybridized carbons (Fsp3) is 0.421. The van der Waals surface area contributed by atoms with Gasteiger partial charge in [-0.25, -0.2) is 4.79 Å². The minimum absolute atomic E-state index is 0.0545. The fourth-order valence-electron chi connectivity index (χ4n) is 2.66. The average molecular weight is 420 g/mol. The molecule has 0 aliphatic heterocycles. The van der Waals surface area contributed by atoms with Gasteiger partial charge in [-0.2, -0.15) is 0 Å². The molecule has 3 rings (SSSR count). The number of hydrogen-bond donors (Lipinski definition) is 1. The molecular formula is C19H22BrN3O3. The van der Waals surface area contributed by atoms with Crippen LogP contribution in [0.2, 0.25) is 0 Å². The molecule has 0 bridgehead atoms. The summed E-state index contributed by atoms with van der Waals surface area (Å²) in [5.41, 5.74) is 1.01. The minimum atomic E-state index is -1.08. The second-order valence-electron chi connectivity index (χ2n) is 6.51. The van der Waals surface area contributed by atoms with Crippen LogP contribution in [0.1, 0.15) is 42.2 Å². The van der Waals surface area contributed by atoms with E-state index >= 15 is 0 Å². The summed E-state index contributed by atoms with van der Waals surface area (Å²) in [6.07, 6.45) is 3.44. The first-order valence-corrected chi connectivity index (χ1v) is 9.59. The van der Waals surface area contributed by atoms with Gasteiger partial charge >= 0.3 is 5.97 Å². The van der Waals surface area contributed by atoms with Gasteiger partial charge in [0.2, 0.25) is 0 Å². The molecule has 1 fully saturated rings. The molecule has 1 aliphatic carbocycles. The molecule has 2 aromatic rings. The van der Waals surface area contributed by atoms with Gasteiger partial charge in [-0.05, 0) is 55.5 Å². The van der Waals surface area contributed by atoms with Gasteiger partial charge in [0.15, 0.2) is 11.5 Å². The Balaban J connectivity index is 1.80. The Bertz CT molecular complexity index is 763. The minimum Gasteiger partial charge on any atom is -0.493 e. The first kappa shape index (κ1) is 18.6. The van der Waals surface area contributed by atoms with Gasteiger partial charge in [-0.15, -0.1) is 10.2 Å². The number of ether oxygens (including phenoxy) is 1. The first-order valence-electron chi connectivity index (χ1n) is 8.80. The number of aromatic nitrogens is 2. The van der Waals surface area contributed by atoms with E-state index in [4.69, 9.17) is 9.84 Å². The predicted octanol–water partition coefficient (Wildman–Crippen LogP) is 4.14. The molecule has 6 nitrogen and oxygen atoms in total. The van der Waals surface area contributed by atoms with Crippen LogP contribution in [0.25, 0.3) is 0 Å². The van der Waals surface area contributed by atoms with E-state index < -0.39 is 5.97 Å². The summed E-state index contributed by atoms with van der Waals surface area (Å²) in [6.45, 7) is 4.26. The van der Waals surface area contributed by atoms with Gasteiger partial charge in [0.1, 0.15) is 5.75 Å². The van der Waals surface area contributed by atoms with E-state index in [2.05, 4.69) is 44.0 Å². The number of carbonyl (C=O) groups is 1. The smallest absolute Gasteiger partial charge is 0.356 e. The van der Waals surface area contributed by atoms with Crippen molar-refractivity contribution in [2.45, 2.75) is 32.7 Å². The summed E-state index contributed by atoms with van der Waals surface area (Å²) < 4.78 is 7.02.